The predicted molar refractivity (Wildman–Crippen MR) is 71.4 cm³/mol. The third-order valence-electron chi connectivity index (χ3n) is 3.12. The van der Waals surface area contributed by atoms with Crippen LogP contribution in [0.1, 0.15) is 5.89 Å². The second-order valence-corrected chi connectivity index (χ2v) is 4.46. The van der Waals surface area contributed by atoms with Gasteiger partial charge in [-0.15, -0.1) is 10.2 Å². The molecule has 0 radical (unpaired) electrons. The highest BCUT2D eigenvalue weighted by Gasteiger charge is 2.23. The van der Waals surface area contributed by atoms with Gasteiger partial charge in [-0.2, -0.15) is 0 Å². The molecule has 0 aliphatic carbocycles. The topological polar surface area (TPSA) is 94.5 Å². The summed E-state index contributed by atoms with van der Waals surface area (Å²) >= 11 is 0. The van der Waals surface area contributed by atoms with Gasteiger partial charge in [-0.1, -0.05) is 0 Å². The fourth-order valence-corrected chi connectivity index (χ4v) is 2.00. The van der Waals surface area contributed by atoms with E-state index in [9.17, 15) is 4.79 Å². The largest absolute Gasteiger partial charge is 0.482 e. The summed E-state index contributed by atoms with van der Waals surface area (Å²) in [5, 5.41) is 7.90. The summed E-state index contributed by atoms with van der Waals surface area (Å²) in [6.45, 7) is 0.515. The van der Waals surface area contributed by atoms with Gasteiger partial charge < -0.3 is 19.8 Å². The van der Waals surface area contributed by atoms with Gasteiger partial charge in [0.2, 0.25) is 11.8 Å². The Labute approximate surface area is 115 Å². The molecule has 104 valence electrons. The third kappa shape index (κ3) is 2.12. The number of ether oxygens (including phenoxy) is 1. The maximum absolute atomic E-state index is 11.6. The van der Waals surface area contributed by atoms with E-state index in [-0.39, 0.29) is 12.5 Å². The van der Waals surface area contributed by atoms with Crippen LogP contribution in [0.25, 0.3) is 11.5 Å². The second kappa shape index (κ2) is 4.93. The summed E-state index contributed by atoms with van der Waals surface area (Å²) in [7, 11) is 1.71. The number of carbonyl (C=O) groups excluding carboxylic acids is 1. The highest BCUT2D eigenvalue weighted by molar-refractivity contribution is 5.97. The van der Waals surface area contributed by atoms with E-state index in [1.165, 1.54) is 0 Å². The quantitative estimate of drug-likeness (QED) is 0.880. The molecule has 7 heteroatoms. The monoisotopic (exact) mass is 274 g/mol. The first-order valence-electron chi connectivity index (χ1n) is 6.25. The zero-order valence-electron chi connectivity index (χ0n) is 11.0. The van der Waals surface area contributed by atoms with Crippen LogP contribution in [0.3, 0.4) is 0 Å². The summed E-state index contributed by atoms with van der Waals surface area (Å²) in [5.74, 6) is 1.48. The van der Waals surface area contributed by atoms with E-state index in [4.69, 9.17) is 14.9 Å². The minimum absolute atomic E-state index is 0.0596. The SMILES string of the molecule is CN1C(=O)COc2ccc(-c3nnc(CCN)o3)cc21. The van der Waals surface area contributed by atoms with Crippen molar-refractivity contribution < 1.29 is 13.9 Å². The number of nitrogens with two attached hydrogens (primary N) is 1. The number of carbonyl (C=O) groups is 1. The molecule has 1 aromatic carbocycles. The lowest BCUT2D eigenvalue weighted by atomic mass is 10.1. The molecule has 7 nitrogen and oxygen atoms in total. The fourth-order valence-electron chi connectivity index (χ4n) is 2.00. The molecule has 0 spiro atoms. The molecule has 3 rings (SSSR count). The van der Waals surface area contributed by atoms with Crippen molar-refractivity contribution in [1.82, 2.24) is 10.2 Å². The van der Waals surface area contributed by atoms with Gasteiger partial charge in [-0.25, -0.2) is 0 Å². The van der Waals surface area contributed by atoms with E-state index >= 15 is 0 Å². The minimum atomic E-state index is -0.0935. The lowest BCUT2D eigenvalue weighted by Gasteiger charge is -2.26. The smallest absolute Gasteiger partial charge is 0.264 e. The molecule has 2 heterocycles. The Morgan fingerprint density at radius 1 is 1.40 bits per heavy atom. The molecule has 1 amide bonds. The Balaban J connectivity index is 1.96. The van der Waals surface area contributed by atoms with Gasteiger partial charge in [-0.3, -0.25) is 4.79 Å². The number of hydrogen-bond donors (Lipinski definition) is 1. The van der Waals surface area contributed by atoms with Crippen LogP contribution in [-0.2, 0) is 11.2 Å². The summed E-state index contributed by atoms with van der Waals surface area (Å²) in [4.78, 5) is 13.2. The number of anilines is 1. The molecule has 1 aromatic heterocycles. The first kappa shape index (κ1) is 12.6. The lowest BCUT2D eigenvalue weighted by molar-refractivity contribution is -0.120. The first-order valence-corrected chi connectivity index (χ1v) is 6.25. The Morgan fingerprint density at radius 2 is 2.25 bits per heavy atom. The zero-order valence-corrected chi connectivity index (χ0v) is 11.0. The average Bonchev–Trinajstić information content (AvgIpc) is 2.92. The van der Waals surface area contributed by atoms with Crippen LogP contribution in [0.2, 0.25) is 0 Å². The number of likely N-dealkylation sites (N-methyl/N-ethyl adjacent to an activating group) is 1. The molecule has 2 N–H and O–H groups in total. The molecule has 0 saturated heterocycles. The minimum Gasteiger partial charge on any atom is -0.482 e. The summed E-state index contributed by atoms with van der Waals surface area (Å²) in [6, 6.07) is 5.41. The van der Waals surface area contributed by atoms with Gasteiger partial charge in [0, 0.05) is 25.6 Å². The number of amides is 1. The van der Waals surface area contributed by atoms with Crippen LogP contribution in [0.5, 0.6) is 5.75 Å². The Hall–Kier alpha value is -2.41. The number of fused-ring (bicyclic) bond motifs is 1. The third-order valence-corrected chi connectivity index (χ3v) is 3.12. The van der Waals surface area contributed by atoms with Crippen molar-refractivity contribution in [1.29, 1.82) is 0 Å². The molecular weight excluding hydrogens is 260 g/mol. The van der Waals surface area contributed by atoms with Crippen molar-refractivity contribution in [3.8, 4) is 17.2 Å². The summed E-state index contributed by atoms with van der Waals surface area (Å²) in [6.07, 6.45) is 0.541. The van der Waals surface area contributed by atoms with Crippen LogP contribution < -0.4 is 15.4 Å². The van der Waals surface area contributed by atoms with Crippen molar-refractivity contribution in [3.63, 3.8) is 0 Å². The molecule has 20 heavy (non-hydrogen) atoms. The van der Waals surface area contributed by atoms with E-state index in [2.05, 4.69) is 10.2 Å². The zero-order chi connectivity index (χ0) is 14.1. The molecule has 0 saturated carbocycles. The number of rotatable bonds is 3. The van der Waals surface area contributed by atoms with Gasteiger partial charge in [-0.05, 0) is 18.2 Å². The number of benzene rings is 1. The molecule has 0 unspecified atom stereocenters. The first-order chi connectivity index (χ1) is 9.69. The highest BCUT2D eigenvalue weighted by Crippen LogP contribution is 2.34. The van der Waals surface area contributed by atoms with E-state index in [0.29, 0.717) is 36.2 Å². The van der Waals surface area contributed by atoms with Crippen LogP contribution in [0.15, 0.2) is 22.6 Å². The Bertz CT molecular complexity index is 653. The number of hydrogen-bond acceptors (Lipinski definition) is 6. The Morgan fingerprint density at radius 3 is 3.05 bits per heavy atom. The van der Waals surface area contributed by atoms with Crippen molar-refractivity contribution in [2.24, 2.45) is 5.73 Å². The normalized spacial score (nSPS) is 14.1. The van der Waals surface area contributed by atoms with Crippen LogP contribution in [0, 0.1) is 0 Å². The highest BCUT2D eigenvalue weighted by atomic mass is 16.5. The summed E-state index contributed by atoms with van der Waals surface area (Å²) in [5.41, 5.74) is 6.88. The van der Waals surface area contributed by atoms with Gasteiger partial charge >= 0.3 is 0 Å². The standard InChI is InChI=1S/C13H14N4O3/c1-17-9-6-8(2-3-10(9)19-7-12(17)18)13-16-15-11(20-13)4-5-14/h2-3,6H,4-5,7,14H2,1H3. The second-order valence-electron chi connectivity index (χ2n) is 4.46. The molecule has 1 aliphatic heterocycles. The molecule has 0 bridgehead atoms. The molecular formula is C13H14N4O3. The Kier molecular flexibility index (Phi) is 3.11. The van der Waals surface area contributed by atoms with Gasteiger partial charge in [0.15, 0.2) is 6.61 Å². The number of aromatic nitrogens is 2. The molecule has 0 atom stereocenters. The van der Waals surface area contributed by atoms with Gasteiger partial charge in [0.25, 0.3) is 5.91 Å². The van der Waals surface area contributed by atoms with Crippen molar-refractivity contribution in [2.45, 2.75) is 6.42 Å². The van der Waals surface area contributed by atoms with Gasteiger partial charge in [0.1, 0.15) is 5.75 Å². The molecule has 1 aliphatic rings. The van der Waals surface area contributed by atoms with Crippen molar-refractivity contribution in [2.75, 3.05) is 25.1 Å². The maximum atomic E-state index is 11.6. The predicted octanol–water partition coefficient (Wildman–Crippen LogP) is 0.593. The van der Waals surface area contributed by atoms with E-state index in [0.717, 1.165) is 5.56 Å². The van der Waals surface area contributed by atoms with Crippen LogP contribution in [0.4, 0.5) is 5.69 Å². The lowest BCUT2D eigenvalue weighted by Crippen LogP contribution is -2.35. The number of nitrogens with zero attached hydrogens (tertiary/aromatic N) is 3. The van der Waals surface area contributed by atoms with E-state index < -0.39 is 0 Å². The maximum Gasteiger partial charge on any atom is 0.264 e. The van der Waals surface area contributed by atoms with Gasteiger partial charge in [0.05, 0.1) is 5.69 Å². The van der Waals surface area contributed by atoms with Crippen molar-refractivity contribution >= 4 is 11.6 Å². The molecule has 2 aromatic rings. The van der Waals surface area contributed by atoms with E-state index in [1.54, 1.807) is 24.1 Å². The average molecular weight is 274 g/mol. The molecule has 0 fully saturated rings. The van der Waals surface area contributed by atoms with Crippen molar-refractivity contribution in [3.05, 3.63) is 24.1 Å². The fraction of sp³-hybridized carbons (Fsp3) is 0.308. The van der Waals surface area contributed by atoms with Crippen LogP contribution in [-0.4, -0.2) is 36.3 Å². The van der Waals surface area contributed by atoms with Crippen LogP contribution >= 0.6 is 0 Å². The summed E-state index contributed by atoms with van der Waals surface area (Å²) < 4.78 is 10.9. The van der Waals surface area contributed by atoms with E-state index in [1.807, 2.05) is 6.07 Å².